The molecule has 1 atom stereocenters. The van der Waals surface area contributed by atoms with Crippen LogP contribution >= 0.6 is 11.3 Å². The molecular weight excluding hydrogens is 389 g/mol. The van der Waals surface area contributed by atoms with E-state index in [9.17, 15) is 17.6 Å². The van der Waals surface area contributed by atoms with E-state index in [1.807, 2.05) is 12.4 Å². The van der Waals surface area contributed by atoms with E-state index in [1.165, 1.54) is 28.1 Å². The van der Waals surface area contributed by atoms with E-state index >= 15 is 0 Å². The number of piperazine rings is 1. The summed E-state index contributed by atoms with van der Waals surface area (Å²) < 4.78 is 39.9. The van der Waals surface area contributed by atoms with Crippen molar-refractivity contribution in [1.29, 1.82) is 0 Å². The van der Waals surface area contributed by atoms with E-state index in [2.05, 4.69) is 11.4 Å². The van der Waals surface area contributed by atoms with Gasteiger partial charge < -0.3 is 9.80 Å². The van der Waals surface area contributed by atoms with Gasteiger partial charge >= 0.3 is 0 Å². The molecule has 2 aromatic rings. The van der Waals surface area contributed by atoms with Gasteiger partial charge in [-0.2, -0.15) is 15.6 Å². The van der Waals surface area contributed by atoms with Gasteiger partial charge in [-0.25, -0.2) is 12.8 Å². The van der Waals surface area contributed by atoms with Crippen molar-refractivity contribution in [1.82, 2.24) is 9.21 Å². The van der Waals surface area contributed by atoms with E-state index < -0.39 is 15.8 Å². The number of hydrogen-bond donors (Lipinski definition) is 1. The summed E-state index contributed by atoms with van der Waals surface area (Å²) in [5, 5.41) is 4.09. The Morgan fingerprint density at radius 3 is 2.59 bits per heavy atom. The molecule has 1 amide bonds. The molecule has 0 aliphatic carbocycles. The number of rotatable bonds is 6. The fraction of sp³-hybridized carbons (Fsp3) is 0.389. The molecule has 9 heteroatoms. The van der Waals surface area contributed by atoms with Crippen LogP contribution in [0.3, 0.4) is 0 Å². The number of nitrogens with zero attached hydrogens (tertiary/aromatic N) is 2. The molecule has 27 heavy (non-hydrogen) atoms. The Labute approximate surface area is 162 Å². The highest BCUT2D eigenvalue weighted by Gasteiger charge is 2.31. The predicted molar refractivity (Wildman–Crippen MR) is 102 cm³/mol. The Balaban J connectivity index is 1.54. The molecule has 1 N–H and O–H groups in total. The predicted octanol–water partition coefficient (Wildman–Crippen LogP) is 0.435. The standard InChI is InChI=1S/C18H22FN3O3S2/c1-20(12-15-5-10-26-14-15)13-18(23)21-6-8-22(9-7-21)27(24,25)17-4-2-3-16(19)11-17/h2-5,10-11,14H,6-9,12-13H2,1H3/p+1. The Kier molecular flexibility index (Phi) is 6.25. The van der Waals surface area contributed by atoms with Crippen LogP contribution in [0.2, 0.25) is 0 Å². The number of sulfonamides is 1. The summed E-state index contributed by atoms with van der Waals surface area (Å²) in [4.78, 5) is 15.2. The maximum atomic E-state index is 13.4. The van der Waals surface area contributed by atoms with Gasteiger partial charge in [0.15, 0.2) is 6.54 Å². The second-order valence-electron chi connectivity index (χ2n) is 6.68. The molecule has 1 aliphatic rings. The van der Waals surface area contributed by atoms with Crippen LogP contribution in [-0.2, 0) is 21.4 Å². The zero-order chi connectivity index (χ0) is 19.4. The van der Waals surface area contributed by atoms with Gasteiger partial charge in [-0.05, 0) is 35.0 Å². The third kappa shape index (κ3) is 4.92. The molecule has 0 spiro atoms. The third-order valence-electron chi connectivity index (χ3n) is 4.56. The lowest BCUT2D eigenvalue weighted by Crippen LogP contribution is -3.08. The lowest BCUT2D eigenvalue weighted by atomic mass is 10.3. The van der Waals surface area contributed by atoms with Gasteiger partial charge in [0.2, 0.25) is 10.0 Å². The number of halogens is 1. The lowest BCUT2D eigenvalue weighted by molar-refractivity contribution is -0.885. The smallest absolute Gasteiger partial charge is 0.277 e. The summed E-state index contributed by atoms with van der Waals surface area (Å²) in [6, 6.07) is 7.06. The topological polar surface area (TPSA) is 62.1 Å². The molecule has 3 rings (SSSR count). The number of thiophene rings is 1. The van der Waals surface area contributed by atoms with E-state index in [1.54, 1.807) is 16.2 Å². The average molecular weight is 413 g/mol. The van der Waals surface area contributed by atoms with Crippen LogP contribution < -0.4 is 4.90 Å². The molecule has 0 radical (unpaired) electrons. The van der Waals surface area contributed by atoms with Crippen LogP contribution in [0, 0.1) is 5.82 Å². The molecular formula is C18H23FN3O3S2+. The first-order chi connectivity index (χ1) is 12.9. The van der Waals surface area contributed by atoms with Crippen molar-refractivity contribution in [3.63, 3.8) is 0 Å². The summed E-state index contributed by atoms with van der Waals surface area (Å²) in [5.41, 5.74) is 1.20. The Morgan fingerprint density at radius 1 is 1.22 bits per heavy atom. The summed E-state index contributed by atoms with van der Waals surface area (Å²) in [6.45, 7) is 2.27. The van der Waals surface area contributed by atoms with Gasteiger partial charge in [-0.15, -0.1) is 0 Å². The Hall–Kier alpha value is -1.81. The fourth-order valence-electron chi connectivity index (χ4n) is 3.13. The average Bonchev–Trinajstić information content (AvgIpc) is 3.14. The highest BCUT2D eigenvalue weighted by Crippen LogP contribution is 2.18. The van der Waals surface area contributed by atoms with Gasteiger partial charge in [0.1, 0.15) is 12.4 Å². The van der Waals surface area contributed by atoms with Gasteiger partial charge in [0.25, 0.3) is 5.91 Å². The minimum absolute atomic E-state index is 0.0190. The van der Waals surface area contributed by atoms with E-state index in [0.717, 1.165) is 17.5 Å². The Bertz CT molecular complexity index is 879. The van der Waals surface area contributed by atoms with Crippen molar-refractivity contribution in [2.45, 2.75) is 11.4 Å². The van der Waals surface area contributed by atoms with Gasteiger partial charge in [-0.3, -0.25) is 4.79 Å². The second-order valence-corrected chi connectivity index (χ2v) is 9.40. The normalized spacial score (nSPS) is 17.0. The van der Waals surface area contributed by atoms with Gasteiger partial charge in [0, 0.05) is 31.7 Å². The summed E-state index contributed by atoms with van der Waals surface area (Å²) >= 11 is 1.64. The van der Waals surface area contributed by atoms with Crippen LogP contribution in [0.15, 0.2) is 46.0 Å². The molecule has 1 saturated heterocycles. The molecule has 1 aromatic heterocycles. The summed E-state index contributed by atoms with van der Waals surface area (Å²) in [6.07, 6.45) is 0. The quantitative estimate of drug-likeness (QED) is 0.749. The molecule has 0 bridgehead atoms. The number of carbonyl (C=O) groups is 1. The van der Waals surface area contributed by atoms with Gasteiger partial charge in [0.05, 0.1) is 11.9 Å². The van der Waals surface area contributed by atoms with Crippen LogP contribution in [0.4, 0.5) is 4.39 Å². The number of nitrogens with one attached hydrogen (secondary N) is 1. The number of quaternary nitrogens is 1. The van der Waals surface area contributed by atoms with Gasteiger partial charge in [-0.1, -0.05) is 6.07 Å². The first-order valence-corrected chi connectivity index (χ1v) is 11.1. The highest BCUT2D eigenvalue weighted by atomic mass is 32.2. The first kappa shape index (κ1) is 19.9. The van der Waals surface area contributed by atoms with E-state index in [4.69, 9.17) is 0 Å². The van der Waals surface area contributed by atoms with Crippen molar-refractivity contribution in [3.05, 3.63) is 52.5 Å². The zero-order valence-corrected chi connectivity index (χ0v) is 16.7. The molecule has 2 heterocycles. The minimum Gasteiger partial charge on any atom is -0.335 e. The molecule has 0 saturated carbocycles. The van der Waals surface area contributed by atoms with Crippen molar-refractivity contribution in [2.24, 2.45) is 0 Å². The van der Waals surface area contributed by atoms with Crippen LogP contribution in [-0.4, -0.2) is 63.3 Å². The Morgan fingerprint density at radius 2 is 1.96 bits per heavy atom. The lowest BCUT2D eigenvalue weighted by Gasteiger charge is -2.34. The van der Waals surface area contributed by atoms with Crippen molar-refractivity contribution < 1.29 is 22.5 Å². The van der Waals surface area contributed by atoms with Crippen molar-refractivity contribution >= 4 is 27.3 Å². The number of amides is 1. The monoisotopic (exact) mass is 412 g/mol. The second kappa shape index (κ2) is 8.47. The molecule has 1 unspecified atom stereocenters. The summed E-state index contributed by atoms with van der Waals surface area (Å²) in [5.74, 6) is -0.563. The summed E-state index contributed by atoms with van der Waals surface area (Å²) in [7, 11) is -1.77. The van der Waals surface area contributed by atoms with E-state index in [-0.39, 0.29) is 23.9 Å². The van der Waals surface area contributed by atoms with Crippen LogP contribution in [0.25, 0.3) is 0 Å². The number of likely N-dealkylation sites (N-methyl/N-ethyl adjacent to an activating group) is 1. The maximum Gasteiger partial charge on any atom is 0.277 e. The van der Waals surface area contributed by atoms with Crippen molar-refractivity contribution in [3.8, 4) is 0 Å². The molecule has 1 aliphatic heterocycles. The van der Waals surface area contributed by atoms with Crippen LogP contribution in [0.1, 0.15) is 5.56 Å². The van der Waals surface area contributed by atoms with Crippen LogP contribution in [0.5, 0.6) is 0 Å². The largest absolute Gasteiger partial charge is 0.335 e. The number of hydrogen-bond acceptors (Lipinski definition) is 4. The maximum absolute atomic E-state index is 13.4. The van der Waals surface area contributed by atoms with Crippen molar-refractivity contribution in [2.75, 3.05) is 39.8 Å². The molecule has 1 fully saturated rings. The first-order valence-electron chi connectivity index (χ1n) is 8.72. The molecule has 6 nitrogen and oxygen atoms in total. The zero-order valence-electron chi connectivity index (χ0n) is 15.1. The number of carbonyl (C=O) groups excluding carboxylic acids is 1. The third-order valence-corrected chi connectivity index (χ3v) is 7.19. The fourth-order valence-corrected chi connectivity index (χ4v) is 5.25. The molecule has 146 valence electrons. The number of benzene rings is 1. The minimum atomic E-state index is -3.74. The van der Waals surface area contributed by atoms with E-state index in [0.29, 0.717) is 19.6 Å². The molecule has 1 aromatic carbocycles. The highest BCUT2D eigenvalue weighted by molar-refractivity contribution is 7.89. The SMILES string of the molecule is C[NH+](CC(=O)N1CCN(S(=O)(=O)c2cccc(F)c2)CC1)Cc1ccsc1.